The summed E-state index contributed by atoms with van der Waals surface area (Å²) in [6.45, 7) is -0.136. The van der Waals surface area contributed by atoms with Crippen LogP contribution in [0, 0.1) is 0 Å². The highest BCUT2D eigenvalue weighted by Gasteiger charge is 2.33. The van der Waals surface area contributed by atoms with Crippen molar-refractivity contribution in [3.8, 4) is 0 Å². The third kappa shape index (κ3) is 2.80. The van der Waals surface area contributed by atoms with Gasteiger partial charge >= 0.3 is 5.97 Å². The molecule has 0 aliphatic carbocycles. The molecule has 4 nitrogen and oxygen atoms in total. The van der Waals surface area contributed by atoms with Gasteiger partial charge in [0.15, 0.2) is 0 Å². The van der Waals surface area contributed by atoms with Crippen LogP contribution in [0.5, 0.6) is 0 Å². The minimum atomic E-state index is -0.483. The maximum Gasteiger partial charge on any atom is 0.325 e. The van der Waals surface area contributed by atoms with E-state index in [0.29, 0.717) is 9.89 Å². The zero-order valence-electron chi connectivity index (χ0n) is 9.41. The number of nitrogens with zero attached hydrogens (tertiary/aromatic N) is 1. The number of ether oxygens (including phenoxy) is 1. The molecule has 0 saturated carbocycles. The van der Waals surface area contributed by atoms with Gasteiger partial charge in [-0.1, -0.05) is 18.3 Å². The lowest BCUT2D eigenvalue weighted by molar-refractivity contribution is -0.140. The summed E-state index contributed by atoms with van der Waals surface area (Å²) in [4.78, 5) is 26.3. The lowest BCUT2D eigenvalue weighted by Crippen LogP contribution is -2.33. The number of thioether (sulfide) groups is 1. The van der Waals surface area contributed by atoms with Crippen LogP contribution in [-0.4, -0.2) is 34.8 Å². The van der Waals surface area contributed by atoms with Gasteiger partial charge < -0.3 is 4.74 Å². The minimum absolute atomic E-state index is 0.136. The van der Waals surface area contributed by atoms with E-state index in [9.17, 15) is 9.59 Å². The number of carbonyl (C=O) groups is 2. The maximum absolute atomic E-state index is 11.7. The average Bonchev–Trinajstić information content (AvgIpc) is 2.94. The highest BCUT2D eigenvalue weighted by molar-refractivity contribution is 8.19. The van der Waals surface area contributed by atoms with Gasteiger partial charge in [0.25, 0.3) is 5.24 Å². The third-order valence-electron chi connectivity index (χ3n) is 2.21. The van der Waals surface area contributed by atoms with Crippen LogP contribution in [0.15, 0.2) is 22.4 Å². The highest BCUT2D eigenvalue weighted by atomic mass is 32.2. The molecule has 0 N–H and O–H groups in total. The molecule has 1 aromatic rings. The average molecular weight is 299 g/mol. The SMILES string of the molecule is COC(=O)CN1C(=O)SC(=Cc2cccs2)C1=S. The van der Waals surface area contributed by atoms with Crippen LogP contribution in [0.4, 0.5) is 4.79 Å². The van der Waals surface area contributed by atoms with Crippen molar-refractivity contribution in [3.05, 3.63) is 27.3 Å². The van der Waals surface area contributed by atoms with E-state index in [-0.39, 0.29) is 11.8 Å². The second-order valence-corrected chi connectivity index (χ2v) is 5.72. The number of thiocarbonyl (C=S) groups is 1. The fourth-order valence-electron chi connectivity index (χ4n) is 1.33. The van der Waals surface area contributed by atoms with E-state index in [0.717, 1.165) is 16.6 Å². The smallest absolute Gasteiger partial charge is 0.325 e. The molecule has 1 saturated heterocycles. The molecule has 0 aromatic carbocycles. The Kier molecular flexibility index (Phi) is 4.15. The van der Waals surface area contributed by atoms with Gasteiger partial charge in [-0.25, -0.2) is 0 Å². The Hall–Kier alpha value is -1.18. The molecule has 2 rings (SSSR count). The van der Waals surface area contributed by atoms with Crippen molar-refractivity contribution >= 4 is 57.6 Å². The predicted octanol–water partition coefficient (Wildman–Crippen LogP) is 2.76. The summed E-state index contributed by atoms with van der Waals surface area (Å²) in [7, 11) is 1.28. The van der Waals surface area contributed by atoms with Gasteiger partial charge in [0.1, 0.15) is 11.5 Å². The van der Waals surface area contributed by atoms with Crippen molar-refractivity contribution in [1.82, 2.24) is 4.90 Å². The van der Waals surface area contributed by atoms with Crippen LogP contribution in [0.25, 0.3) is 6.08 Å². The van der Waals surface area contributed by atoms with E-state index in [2.05, 4.69) is 4.74 Å². The van der Waals surface area contributed by atoms with Gasteiger partial charge in [0, 0.05) is 4.88 Å². The van der Waals surface area contributed by atoms with Crippen LogP contribution < -0.4 is 0 Å². The summed E-state index contributed by atoms with van der Waals surface area (Å²) >= 11 is 7.79. The van der Waals surface area contributed by atoms with Crippen molar-refractivity contribution in [1.29, 1.82) is 0 Å². The van der Waals surface area contributed by atoms with Crippen LogP contribution in [0.3, 0.4) is 0 Å². The Labute approximate surface area is 118 Å². The first kappa shape index (κ1) is 13.3. The van der Waals surface area contributed by atoms with Crippen molar-refractivity contribution in [3.63, 3.8) is 0 Å². The van der Waals surface area contributed by atoms with Crippen molar-refractivity contribution in [2.75, 3.05) is 13.7 Å². The number of carbonyl (C=O) groups excluding carboxylic acids is 2. The molecular weight excluding hydrogens is 290 g/mol. The third-order valence-corrected chi connectivity index (χ3v) is 4.52. The molecule has 0 atom stereocenters. The fourth-order valence-corrected chi connectivity index (χ4v) is 3.29. The molecule has 1 aliphatic rings. The largest absolute Gasteiger partial charge is 0.468 e. The monoisotopic (exact) mass is 299 g/mol. The lowest BCUT2D eigenvalue weighted by Gasteiger charge is -2.12. The molecule has 0 radical (unpaired) electrons. The molecule has 0 bridgehead atoms. The van der Waals surface area contributed by atoms with Crippen LogP contribution in [0.1, 0.15) is 4.88 Å². The van der Waals surface area contributed by atoms with Crippen molar-refractivity contribution < 1.29 is 14.3 Å². The van der Waals surface area contributed by atoms with Gasteiger partial charge in [-0.15, -0.1) is 11.3 Å². The molecule has 1 fully saturated rings. The molecule has 1 aliphatic heterocycles. The molecule has 94 valence electrons. The molecule has 2 heterocycles. The topological polar surface area (TPSA) is 46.6 Å². The molecule has 1 amide bonds. The molecular formula is C11H9NO3S3. The zero-order chi connectivity index (χ0) is 13.1. The summed E-state index contributed by atoms with van der Waals surface area (Å²) in [6.07, 6.45) is 1.85. The summed E-state index contributed by atoms with van der Waals surface area (Å²) in [5.41, 5.74) is 0. The van der Waals surface area contributed by atoms with Crippen LogP contribution in [0.2, 0.25) is 0 Å². The van der Waals surface area contributed by atoms with E-state index in [1.807, 2.05) is 23.6 Å². The van der Waals surface area contributed by atoms with Gasteiger partial charge in [0.2, 0.25) is 0 Å². The Morgan fingerprint density at radius 1 is 1.61 bits per heavy atom. The van der Waals surface area contributed by atoms with E-state index in [1.54, 1.807) is 11.3 Å². The highest BCUT2D eigenvalue weighted by Crippen LogP contribution is 2.33. The van der Waals surface area contributed by atoms with Crippen LogP contribution >= 0.6 is 35.3 Å². The fraction of sp³-hybridized carbons (Fsp3) is 0.182. The van der Waals surface area contributed by atoms with Gasteiger partial charge in [-0.3, -0.25) is 14.5 Å². The second-order valence-electron chi connectivity index (χ2n) is 3.36. The molecule has 1 aromatic heterocycles. The first-order valence-electron chi connectivity index (χ1n) is 4.97. The number of hydrogen-bond acceptors (Lipinski definition) is 6. The van der Waals surface area contributed by atoms with Crippen LogP contribution in [-0.2, 0) is 9.53 Å². The maximum atomic E-state index is 11.7. The molecule has 7 heteroatoms. The molecule has 18 heavy (non-hydrogen) atoms. The number of methoxy groups -OCH3 is 1. The molecule has 0 unspecified atom stereocenters. The minimum Gasteiger partial charge on any atom is -0.468 e. The van der Waals surface area contributed by atoms with Gasteiger partial charge in [-0.05, 0) is 29.3 Å². The van der Waals surface area contributed by atoms with E-state index in [1.165, 1.54) is 12.0 Å². The number of esters is 1. The summed E-state index contributed by atoms with van der Waals surface area (Å²) in [5, 5.41) is 1.71. The zero-order valence-corrected chi connectivity index (χ0v) is 11.9. The Balaban J connectivity index is 2.16. The Morgan fingerprint density at radius 2 is 2.39 bits per heavy atom. The van der Waals surface area contributed by atoms with Gasteiger partial charge in [-0.2, -0.15) is 0 Å². The number of hydrogen-bond donors (Lipinski definition) is 0. The quantitative estimate of drug-likeness (QED) is 0.488. The number of thiophene rings is 1. The van der Waals surface area contributed by atoms with E-state index in [4.69, 9.17) is 12.2 Å². The van der Waals surface area contributed by atoms with E-state index < -0.39 is 5.97 Å². The summed E-state index contributed by atoms with van der Waals surface area (Å²) < 4.78 is 4.53. The van der Waals surface area contributed by atoms with Crippen molar-refractivity contribution in [2.45, 2.75) is 0 Å². The Bertz CT molecular complexity index is 522. The molecule has 0 spiro atoms. The summed E-state index contributed by atoms with van der Waals surface area (Å²) in [6, 6.07) is 3.86. The number of rotatable bonds is 3. The van der Waals surface area contributed by atoms with E-state index >= 15 is 0 Å². The first-order valence-corrected chi connectivity index (χ1v) is 7.08. The lowest BCUT2D eigenvalue weighted by atomic mass is 10.4. The second kappa shape index (κ2) is 5.64. The summed E-state index contributed by atoms with van der Waals surface area (Å²) in [5.74, 6) is -0.483. The standard InChI is InChI=1S/C11H9NO3S3/c1-15-9(13)6-12-10(16)8(18-11(12)14)5-7-3-2-4-17-7/h2-5H,6H2,1H3. The normalized spacial score (nSPS) is 17.6. The Morgan fingerprint density at radius 3 is 3.00 bits per heavy atom. The van der Waals surface area contributed by atoms with Gasteiger partial charge in [0.05, 0.1) is 12.0 Å². The number of amides is 1. The first-order chi connectivity index (χ1) is 8.61. The predicted molar refractivity (Wildman–Crippen MR) is 76.6 cm³/mol. The van der Waals surface area contributed by atoms with Crippen molar-refractivity contribution in [2.24, 2.45) is 0 Å².